The van der Waals surface area contributed by atoms with Gasteiger partial charge in [-0.05, 0) is 105 Å². The maximum Gasteiger partial charge on any atom is 0.374 e. The standard InChI is InChI=1S/C26H40O3/c1-5-29-24(28)23(27)16-17(2)20-11-12-21-19-10-9-18-8-6-7-14-25(18,3)22(19)13-15-26(20,21)4/h8,17,19-22H,5-7,9-16H2,1-4H3/t17-,19+,20-,21+,22+,25+,26-/m1/s1. The van der Waals surface area contributed by atoms with Crippen LogP contribution in [0.3, 0.4) is 0 Å². The van der Waals surface area contributed by atoms with Gasteiger partial charge >= 0.3 is 5.97 Å². The van der Waals surface area contributed by atoms with Crippen LogP contribution < -0.4 is 0 Å². The first-order valence-corrected chi connectivity index (χ1v) is 12.2. The molecular weight excluding hydrogens is 360 g/mol. The number of ketones is 1. The van der Waals surface area contributed by atoms with Gasteiger partial charge in [-0.25, -0.2) is 4.79 Å². The van der Waals surface area contributed by atoms with Crippen molar-refractivity contribution in [2.45, 2.75) is 91.9 Å². The average Bonchev–Trinajstić information content (AvgIpc) is 3.05. The first-order valence-electron chi connectivity index (χ1n) is 12.2. The normalized spacial score (nSPS) is 42.1. The van der Waals surface area contributed by atoms with Crippen molar-refractivity contribution in [2.24, 2.45) is 40.4 Å². The van der Waals surface area contributed by atoms with Crippen LogP contribution in [0.25, 0.3) is 0 Å². The third-order valence-electron chi connectivity index (χ3n) is 9.80. The topological polar surface area (TPSA) is 43.4 Å². The van der Waals surface area contributed by atoms with E-state index in [9.17, 15) is 9.59 Å². The van der Waals surface area contributed by atoms with Crippen LogP contribution in [0.15, 0.2) is 11.6 Å². The van der Waals surface area contributed by atoms with E-state index in [0.29, 0.717) is 23.2 Å². The second-order valence-electron chi connectivity index (χ2n) is 11.0. The zero-order valence-corrected chi connectivity index (χ0v) is 19.0. The molecule has 4 aliphatic carbocycles. The monoisotopic (exact) mass is 400 g/mol. The van der Waals surface area contributed by atoms with Gasteiger partial charge < -0.3 is 4.74 Å². The summed E-state index contributed by atoms with van der Waals surface area (Å²) in [6.45, 7) is 9.33. The smallest absolute Gasteiger partial charge is 0.374 e. The summed E-state index contributed by atoms with van der Waals surface area (Å²) in [6.07, 6.45) is 14.8. The Morgan fingerprint density at radius 2 is 1.93 bits per heavy atom. The number of carbonyl (C=O) groups excluding carboxylic acids is 2. The average molecular weight is 401 g/mol. The summed E-state index contributed by atoms with van der Waals surface area (Å²) in [5.41, 5.74) is 2.56. The van der Waals surface area contributed by atoms with Gasteiger partial charge in [0.2, 0.25) is 5.78 Å². The van der Waals surface area contributed by atoms with E-state index in [-0.39, 0.29) is 18.3 Å². The van der Waals surface area contributed by atoms with Crippen LogP contribution in [0.1, 0.15) is 91.9 Å². The molecule has 3 fully saturated rings. The summed E-state index contributed by atoms with van der Waals surface area (Å²) >= 11 is 0. The second kappa shape index (κ2) is 7.85. The first kappa shape index (κ1) is 21.1. The molecule has 162 valence electrons. The van der Waals surface area contributed by atoms with Gasteiger partial charge in [-0.1, -0.05) is 32.4 Å². The van der Waals surface area contributed by atoms with Gasteiger partial charge in [-0.3, -0.25) is 4.79 Å². The summed E-state index contributed by atoms with van der Waals surface area (Å²) in [5.74, 6) is 2.36. The fourth-order valence-electron chi connectivity index (χ4n) is 8.46. The Morgan fingerprint density at radius 1 is 1.14 bits per heavy atom. The molecule has 3 nitrogen and oxygen atoms in total. The van der Waals surface area contributed by atoms with Crippen molar-refractivity contribution in [1.29, 1.82) is 0 Å². The first-order chi connectivity index (χ1) is 13.8. The molecular formula is C26H40O3. The lowest BCUT2D eigenvalue weighted by atomic mass is 9.46. The summed E-state index contributed by atoms with van der Waals surface area (Å²) in [5, 5.41) is 0. The molecule has 0 aromatic rings. The number of carbonyl (C=O) groups is 2. The van der Waals surface area contributed by atoms with Crippen LogP contribution in [0.5, 0.6) is 0 Å². The number of Topliss-reactive ketones (excluding diaryl/α,β-unsaturated/α-hetero) is 1. The number of fused-ring (bicyclic) bond motifs is 5. The van der Waals surface area contributed by atoms with Crippen molar-refractivity contribution in [3.63, 3.8) is 0 Å². The Labute approximate surface area is 177 Å². The van der Waals surface area contributed by atoms with Crippen LogP contribution in [-0.2, 0) is 14.3 Å². The minimum atomic E-state index is -0.639. The molecule has 3 heteroatoms. The fourth-order valence-corrected chi connectivity index (χ4v) is 8.46. The number of hydrogen-bond acceptors (Lipinski definition) is 3. The molecule has 29 heavy (non-hydrogen) atoms. The lowest BCUT2D eigenvalue weighted by molar-refractivity contribution is -0.154. The minimum Gasteiger partial charge on any atom is -0.460 e. The van der Waals surface area contributed by atoms with E-state index in [4.69, 9.17) is 4.74 Å². The van der Waals surface area contributed by atoms with Crippen molar-refractivity contribution >= 4 is 11.8 Å². The Bertz CT molecular complexity index is 694. The number of ether oxygens (including phenoxy) is 1. The Morgan fingerprint density at radius 3 is 2.69 bits per heavy atom. The third-order valence-corrected chi connectivity index (χ3v) is 9.80. The van der Waals surface area contributed by atoms with Gasteiger partial charge in [-0.2, -0.15) is 0 Å². The number of rotatable bonds is 5. The van der Waals surface area contributed by atoms with Crippen LogP contribution in [0.4, 0.5) is 0 Å². The molecule has 0 radical (unpaired) electrons. The predicted octanol–water partition coefficient (Wildman–Crippen LogP) is 6.11. The molecule has 0 aliphatic heterocycles. The van der Waals surface area contributed by atoms with Crippen molar-refractivity contribution in [3.8, 4) is 0 Å². The maximum absolute atomic E-state index is 12.3. The zero-order valence-electron chi connectivity index (χ0n) is 19.0. The van der Waals surface area contributed by atoms with Crippen molar-refractivity contribution in [2.75, 3.05) is 6.61 Å². The molecule has 4 rings (SSSR count). The lowest BCUT2D eigenvalue weighted by Gasteiger charge is -2.58. The van der Waals surface area contributed by atoms with Gasteiger partial charge in [0.05, 0.1) is 6.61 Å². The Balaban J connectivity index is 1.49. The highest BCUT2D eigenvalue weighted by molar-refractivity contribution is 6.33. The summed E-state index contributed by atoms with van der Waals surface area (Å²) < 4.78 is 4.94. The Hall–Kier alpha value is -1.12. The molecule has 0 heterocycles. The Kier molecular flexibility index (Phi) is 5.72. The minimum absolute atomic E-state index is 0.266. The number of allylic oxidation sites excluding steroid dienone is 2. The van der Waals surface area contributed by atoms with Crippen LogP contribution in [-0.4, -0.2) is 18.4 Å². The molecule has 0 aromatic carbocycles. The van der Waals surface area contributed by atoms with Gasteiger partial charge in [0, 0.05) is 6.42 Å². The molecule has 0 aromatic heterocycles. The molecule has 0 bridgehead atoms. The van der Waals surface area contributed by atoms with Crippen molar-refractivity contribution < 1.29 is 14.3 Å². The highest BCUT2D eigenvalue weighted by Crippen LogP contribution is 2.67. The molecule has 0 unspecified atom stereocenters. The quantitative estimate of drug-likeness (QED) is 0.317. The fraction of sp³-hybridized carbons (Fsp3) is 0.846. The van der Waals surface area contributed by atoms with Gasteiger partial charge in [0.1, 0.15) is 0 Å². The van der Waals surface area contributed by atoms with Crippen LogP contribution in [0, 0.1) is 40.4 Å². The van der Waals surface area contributed by atoms with E-state index in [2.05, 4.69) is 26.8 Å². The zero-order chi connectivity index (χ0) is 20.8. The van der Waals surface area contributed by atoms with Crippen molar-refractivity contribution in [3.05, 3.63) is 11.6 Å². The summed E-state index contributed by atoms with van der Waals surface area (Å²) in [7, 11) is 0. The van der Waals surface area contributed by atoms with Crippen LogP contribution in [0.2, 0.25) is 0 Å². The molecule has 7 atom stereocenters. The summed E-state index contributed by atoms with van der Waals surface area (Å²) in [6, 6.07) is 0. The third kappa shape index (κ3) is 3.41. The van der Waals surface area contributed by atoms with E-state index >= 15 is 0 Å². The SMILES string of the molecule is CCOC(=O)C(=O)C[C@@H](C)[C@H]1CC[C@H]2[C@@H]3CCC4=CCCC[C@]4(C)[C@H]3CC[C@]12C. The van der Waals surface area contributed by atoms with Gasteiger partial charge in [-0.15, -0.1) is 0 Å². The predicted molar refractivity (Wildman–Crippen MR) is 115 cm³/mol. The summed E-state index contributed by atoms with van der Waals surface area (Å²) in [4.78, 5) is 24.1. The van der Waals surface area contributed by atoms with Crippen molar-refractivity contribution in [1.82, 2.24) is 0 Å². The number of hydrogen-bond donors (Lipinski definition) is 0. The van der Waals surface area contributed by atoms with E-state index in [1.54, 1.807) is 12.5 Å². The number of esters is 1. The lowest BCUT2D eigenvalue weighted by Crippen LogP contribution is -2.50. The molecule has 3 saturated carbocycles. The molecule has 0 amide bonds. The largest absolute Gasteiger partial charge is 0.460 e. The molecule has 4 aliphatic rings. The van der Waals surface area contributed by atoms with E-state index < -0.39 is 5.97 Å². The van der Waals surface area contributed by atoms with E-state index in [1.807, 2.05) is 0 Å². The van der Waals surface area contributed by atoms with Gasteiger partial charge in [0.15, 0.2) is 0 Å². The molecule has 0 spiro atoms. The van der Waals surface area contributed by atoms with Crippen LogP contribution >= 0.6 is 0 Å². The molecule has 0 saturated heterocycles. The highest BCUT2D eigenvalue weighted by Gasteiger charge is 2.59. The second-order valence-corrected chi connectivity index (χ2v) is 11.0. The molecule has 0 N–H and O–H groups in total. The van der Waals surface area contributed by atoms with Gasteiger partial charge in [0.25, 0.3) is 0 Å². The highest BCUT2D eigenvalue weighted by atomic mass is 16.5. The van der Waals surface area contributed by atoms with E-state index in [1.165, 1.54) is 57.8 Å². The van der Waals surface area contributed by atoms with E-state index in [0.717, 1.165) is 17.8 Å². The maximum atomic E-state index is 12.3.